The van der Waals surface area contributed by atoms with Crippen LogP contribution in [0.5, 0.6) is 5.75 Å². The summed E-state index contributed by atoms with van der Waals surface area (Å²) in [6.45, 7) is 8.07. The largest absolute Gasteiger partial charge is 0.495 e. The lowest BCUT2D eigenvalue weighted by Gasteiger charge is -2.32. The number of benzene rings is 2. The Bertz CT molecular complexity index is 1190. The van der Waals surface area contributed by atoms with Gasteiger partial charge in [0.05, 0.1) is 12.8 Å². The van der Waals surface area contributed by atoms with Crippen molar-refractivity contribution in [3.05, 3.63) is 53.7 Å². The maximum Gasteiger partial charge on any atom is 0.265 e. The Morgan fingerprint density at radius 2 is 1.78 bits per heavy atom. The van der Waals surface area contributed by atoms with Crippen LogP contribution in [0.3, 0.4) is 0 Å². The van der Waals surface area contributed by atoms with Crippen LogP contribution in [0, 0.1) is 19.8 Å². The summed E-state index contributed by atoms with van der Waals surface area (Å²) in [6, 6.07) is 12.5. The van der Waals surface area contributed by atoms with Crippen LogP contribution in [0.25, 0.3) is 11.3 Å². The second-order valence-electron chi connectivity index (χ2n) is 8.41. The molecule has 0 saturated carbocycles. The van der Waals surface area contributed by atoms with E-state index in [2.05, 4.69) is 21.7 Å². The Labute approximate surface area is 189 Å². The number of aromatic nitrogens is 1. The number of ether oxygens (including phenoxy) is 1. The van der Waals surface area contributed by atoms with Gasteiger partial charge in [-0.25, -0.2) is 8.42 Å². The number of nitrogens with one attached hydrogen (secondary N) is 1. The van der Waals surface area contributed by atoms with Gasteiger partial charge < -0.3 is 14.2 Å². The molecule has 8 heteroatoms. The van der Waals surface area contributed by atoms with Gasteiger partial charge >= 0.3 is 0 Å². The van der Waals surface area contributed by atoms with E-state index in [1.54, 1.807) is 30.3 Å². The molecule has 7 nitrogen and oxygen atoms in total. The van der Waals surface area contributed by atoms with Crippen molar-refractivity contribution in [2.24, 2.45) is 5.92 Å². The molecule has 2 heterocycles. The summed E-state index contributed by atoms with van der Waals surface area (Å²) in [5.41, 5.74) is 3.86. The SMILES string of the molecule is COc1ccc(-c2onc(C)c2C)cc1S(=O)(=O)Nc1ccc(N2CCC(C)CC2)cc1. The van der Waals surface area contributed by atoms with Gasteiger partial charge in [0, 0.05) is 35.6 Å². The molecular formula is C24H29N3O4S. The van der Waals surface area contributed by atoms with Crippen molar-refractivity contribution in [1.82, 2.24) is 5.16 Å². The van der Waals surface area contributed by atoms with Crippen LogP contribution in [0.1, 0.15) is 31.0 Å². The standard InChI is InChI=1S/C24H29N3O4S/c1-16-11-13-27(14-12-16)21-8-6-20(7-9-21)26-32(28,29)23-15-19(5-10-22(23)30-4)24-17(2)18(3)25-31-24/h5-10,15-16,26H,11-14H2,1-4H3. The second-order valence-corrected chi connectivity index (χ2v) is 10.1. The lowest BCUT2D eigenvalue weighted by atomic mass is 9.99. The monoisotopic (exact) mass is 455 g/mol. The van der Waals surface area contributed by atoms with Crippen molar-refractivity contribution in [2.45, 2.75) is 38.5 Å². The first-order chi connectivity index (χ1) is 15.3. The van der Waals surface area contributed by atoms with E-state index in [1.807, 2.05) is 26.0 Å². The van der Waals surface area contributed by atoms with Crippen LogP contribution in [-0.2, 0) is 10.0 Å². The van der Waals surface area contributed by atoms with E-state index in [1.165, 1.54) is 20.0 Å². The van der Waals surface area contributed by atoms with Gasteiger partial charge in [-0.15, -0.1) is 0 Å². The highest BCUT2D eigenvalue weighted by molar-refractivity contribution is 7.92. The summed E-state index contributed by atoms with van der Waals surface area (Å²) < 4.78 is 39.9. The molecule has 1 aliphatic rings. The zero-order valence-corrected chi connectivity index (χ0v) is 19.7. The number of sulfonamides is 1. The summed E-state index contributed by atoms with van der Waals surface area (Å²) in [4.78, 5) is 2.38. The van der Waals surface area contributed by atoms with E-state index in [0.717, 1.165) is 36.0 Å². The molecule has 0 unspecified atom stereocenters. The Balaban J connectivity index is 1.59. The molecule has 2 aromatic carbocycles. The number of hydrogen-bond acceptors (Lipinski definition) is 6. The summed E-state index contributed by atoms with van der Waals surface area (Å²) >= 11 is 0. The topological polar surface area (TPSA) is 84.7 Å². The Hall–Kier alpha value is -3.00. The van der Waals surface area contributed by atoms with Gasteiger partial charge in [0.25, 0.3) is 10.0 Å². The first kappa shape index (κ1) is 22.2. The lowest BCUT2D eigenvalue weighted by Crippen LogP contribution is -2.32. The van der Waals surface area contributed by atoms with Crippen LogP contribution in [0.2, 0.25) is 0 Å². The minimum Gasteiger partial charge on any atom is -0.495 e. The van der Waals surface area contributed by atoms with Gasteiger partial charge in [-0.1, -0.05) is 12.1 Å². The van der Waals surface area contributed by atoms with Crippen LogP contribution in [-0.4, -0.2) is 33.8 Å². The van der Waals surface area contributed by atoms with E-state index in [0.29, 0.717) is 17.0 Å². The van der Waals surface area contributed by atoms with E-state index in [4.69, 9.17) is 9.26 Å². The number of piperidine rings is 1. The van der Waals surface area contributed by atoms with E-state index in [-0.39, 0.29) is 10.6 Å². The minimum absolute atomic E-state index is 0.0417. The van der Waals surface area contributed by atoms with E-state index < -0.39 is 10.0 Å². The number of rotatable bonds is 6. The summed E-state index contributed by atoms with van der Waals surface area (Å²) in [5.74, 6) is 1.56. The van der Waals surface area contributed by atoms with Crippen LogP contribution >= 0.6 is 0 Å². The van der Waals surface area contributed by atoms with Crippen molar-refractivity contribution in [2.75, 3.05) is 29.8 Å². The molecule has 4 rings (SSSR count). The van der Waals surface area contributed by atoms with Crippen molar-refractivity contribution >= 4 is 21.4 Å². The summed E-state index contributed by atoms with van der Waals surface area (Å²) in [7, 11) is -2.44. The Morgan fingerprint density at radius 3 is 2.38 bits per heavy atom. The third-order valence-corrected chi connectivity index (χ3v) is 7.54. The van der Waals surface area contributed by atoms with Gasteiger partial charge in [0.2, 0.25) is 0 Å². The molecule has 0 radical (unpaired) electrons. The molecule has 32 heavy (non-hydrogen) atoms. The maximum absolute atomic E-state index is 13.2. The number of anilines is 2. The van der Waals surface area contributed by atoms with Gasteiger partial charge in [-0.3, -0.25) is 4.72 Å². The molecule has 0 aliphatic carbocycles. The molecule has 0 atom stereocenters. The fourth-order valence-electron chi connectivity index (χ4n) is 3.93. The minimum atomic E-state index is -3.89. The van der Waals surface area contributed by atoms with Crippen LogP contribution in [0.15, 0.2) is 51.9 Å². The van der Waals surface area contributed by atoms with Gasteiger partial charge in [-0.05, 0) is 75.1 Å². The molecule has 1 N–H and O–H groups in total. The molecule has 1 aliphatic heterocycles. The van der Waals surface area contributed by atoms with Crippen molar-refractivity contribution < 1.29 is 17.7 Å². The second kappa shape index (κ2) is 8.86. The van der Waals surface area contributed by atoms with Gasteiger partial charge in [0.1, 0.15) is 10.6 Å². The summed E-state index contributed by atoms with van der Waals surface area (Å²) in [6.07, 6.45) is 2.35. The van der Waals surface area contributed by atoms with Crippen LogP contribution in [0.4, 0.5) is 11.4 Å². The Morgan fingerprint density at radius 1 is 1.09 bits per heavy atom. The van der Waals surface area contributed by atoms with Crippen molar-refractivity contribution in [3.63, 3.8) is 0 Å². The van der Waals surface area contributed by atoms with Crippen molar-refractivity contribution in [3.8, 4) is 17.1 Å². The first-order valence-electron chi connectivity index (χ1n) is 10.8. The molecule has 0 amide bonds. The third kappa shape index (κ3) is 4.46. The number of aryl methyl sites for hydroxylation is 1. The average Bonchev–Trinajstić information content (AvgIpc) is 3.12. The molecule has 170 valence electrons. The normalized spacial score (nSPS) is 15.1. The summed E-state index contributed by atoms with van der Waals surface area (Å²) in [5, 5.41) is 3.97. The number of methoxy groups -OCH3 is 1. The molecule has 0 spiro atoms. The highest BCUT2D eigenvalue weighted by Gasteiger charge is 2.23. The number of nitrogens with zero attached hydrogens (tertiary/aromatic N) is 2. The molecular weight excluding hydrogens is 426 g/mol. The van der Waals surface area contributed by atoms with Gasteiger partial charge in [-0.2, -0.15) is 0 Å². The fourth-order valence-corrected chi connectivity index (χ4v) is 5.18. The third-order valence-electron chi connectivity index (χ3n) is 6.14. The maximum atomic E-state index is 13.2. The highest BCUT2D eigenvalue weighted by atomic mass is 32.2. The van der Waals surface area contributed by atoms with Crippen molar-refractivity contribution in [1.29, 1.82) is 0 Å². The lowest BCUT2D eigenvalue weighted by molar-refractivity contribution is 0.402. The fraction of sp³-hybridized carbons (Fsp3) is 0.375. The molecule has 1 fully saturated rings. The predicted molar refractivity (Wildman–Crippen MR) is 126 cm³/mol. The van der Waals surface area contributed by atoms with E-state index in [9.17, 15) is 8.42 Å². The number of hydrogen-bond donors (Lipinski definition) is 1. The van der Waals surface area contributed by atoms with E-state index >= 15 is 0 Å². The predicted octanol–water partition coefficient (Wildman–Crippen LogP) is 5.00. The smallest absolute Gasteiger partial charge is 0.265 e. The molecule has 0 bridgehead atoms. The van der Waals surface area contributed by atoms with Gasteiger partial charge in [0.15, 0.2) is 5.76 Å². The molecule has 1 saturated heterocycles. The zero-order valence-electron chi connectivity index (χ0n) is 18.9. The van der Waals surface area contributed by atoms with Crippen LogP contribution < -0.4 is 14.4 Å². The molecule has 3 aromatic rings. The zero-order chi connectivity index (χ0) is 22.9. The quantitative estimate of drug-likeness (QED) is 0.563. The Kier molecular flexibility index (Phi) is 6.15. The molecule has 1 aromatic heterocycles. The first-order valence-corrected chi connectivity index (χ1v) is 12.3. The average molecular weight is 456 g/mol. The highest BCUT2D eigenvalue weighted by Crippen LogP contribution is 2.33.